The first kappa shape index (κ1) is 14.3. The van der Waals surface area contributed by atoms with Crippen molar-refractivity contribution in [2.24, 2.45) is 5.73 Å². The lowest BCUT2D eigenvalue weighted by molar-refractivity contribution is -0.115. The zero-order valence-corrected chi connectivity index (χ0v) is 12.7. The van der Waals surface area contributed by atoms with Crippen molar-refractivity contribution in [3.05, 3.63) is 30.1 Å². The molecule has 3 rings (SSSR count). The number of hydrogen-bond acceptors (Lipinski definition) is 4. The quantitative estimate of drug-likeness (QED) is 0.695. The number of thioether (sulfide) groups is 1. The van der Waals surface area contributed by atoms with Gasteiger partial charge in [0.25, 0.3) is 0 Å². The third kappa shape index (κ3) is 3.35. The summed E-state index contributed by atoms with van der Waals surface area (Å²) in [5.74, 6) is 1.32. The van der Waals surface area contributed by atoms with Gasteiger partial charge >= 0.3 is 0 Å². The number of rotatable bonds is 4. The van der Waals surface area contributed by atoms with E-state index in [0.717, 1.165) is 34.6 Å². The van der Waals surface area contributed by atoms with Crippen LogP contribution >= 0.6 is 11.8 Å². The van der Waals surface area contributed by atoms with Gasteiger partial charge in [-0.15, -0.1) is 0 Å². The number of benzene rings is 1. The van der Waals surface area contributed by atoms with E-state index in [2.05, 4.69) is 0 Å². The Kier molecular flexibility index (Phi) is 4.39. The van der Waals surface area contributed by atoms with Gasteiger partial charge in [0.1, 0.15) is 10.9 Å². The van der Waals surface area contributed by atoms with Crippen molar-refractivity contribution in [2.75, 3.05) is 5.75 Å². The van der Waals surface area contributed by atoms with Crippen LogP contribution in [0, 0.1) is 0 Å². The first-order valence-electron chi connectivity index (χ1n) is 7.42. The number of primary amides is 1. The molecule has 2 N–H and O–H groups in total. The standard InChI is InChI=1S/C16H19N3OS/c17-14(20)10-21-16-12-8-4-5-9-13(12)18-15(19-16)11-6-2-1-3-7-11/h4-5,8-9,11H,1-3,6-7,10H2,(H2,17,20). The minimum atomic E-state index is -0.318. The van der Waals surface area contributed by atoms with Gasteiger partial charge in [0.05, 0.1) is 11.3 Å². The molecule has 0 aliphatic heterocycles. The van der Waals surface area contributed by atoms with E-state index in [1.807, 2.05) is 24.3 Å². The molecule has 0 unspecified atom stereocenters. The molecule has 1 heterocycles. The number of hydrogen-bond donors (Lipinski definition) is 1. The summed E-state index contributed by atoms with van der Waals surface area (Å²) in [4.78, 5) is 20.5. The molecule has 1 aromatic heterocycles. The molecular weight excluding hydrogens is 282 g/mol. The predicted octanol–water partition coefficient (Wildman–Crippen LogP) is 3.25. The van der Waals surface area contributed by atoms with Gasteiger partial charge in [-0.25, -0.2) is 9.97 Å². The minimum Gasteiger partial charge on any atom is -0.369 e. The van der Waals surface area contributed by atoms with Crippen molar-refractivity contribution in [1.29, 1.82) is 0 Å². The highest BCUT2D eigenvalue weighted by Crippen LogP contribution is 2.33. The van der Waals surface area contributed by atoms with Crippen LogP contribution in [-0.4, -0.2) is 21.6 Å². The highest BCUT2D eigenvalue weighted by molar-refractivity contribution is 8.00. The van der Waals surface area contributed by atoms with Crippen LogP contribution in [0.3, 0.4) is 0 Å². The lowest BCUT2D eigenvalue weighted by Crippen LogP contribution is -2.14. The average molecular weight is 301 g/mol. The topological polar surface area (TPSA) is 68.9 Å². The zero-order chi connectivity index (χ0) is 14.7. The Hall–Kier alpha value is -1.62. The molecule has 5 heteroatoms. The Morgan fingerprint density at radius 1 is 1.19 bits per heavy atom. The Labute approximate surface area is 128 Å². The van der Waals surface area contributed by atoms with E-state index in [0.29, 0.717) is 5.92 Å². The van der Waals surface area contributed by atoms with Crippen molar-refractivity contribution in [2.45, 2.75) is 43.0 Å². The first-order valence-corrected chi connectivity index (χ1v) is 8.40. The fourth-order valence-electron chi connectivity index (χ4n) is 2.86. The molecule has 1 saturated carbocycles. The summed E-state index contributed by atoms with van der Waals surface area (Å²) in [7, 11) is 0. The molecule has 1 aliphatic rings. The van der Waals surface area contributed by atoms with Crippen LogP contribution in [0.4, 0.5) is 0 Å². The van der Waals surface area contributed by atoms with Crippen molar-refractivity contribution in [1.82, 2.24) is 9.97 Å². The summed E-state index contributed by atoms with van der Waals surface area (Å²) in [5, 5.41) is 1.88. The lowest BCUT2D eigenvalue weighted by atomic mass is 9.88. The monoisotopic (exact) mass is 301 g/mol. The largest absolute Gasteiger partial charge is 0.369 e. The van der Waals surface area contributed by atoms with Crippen LogP contribution in [-0.2, 0) is 4.79 Å². The Morgan fingerprint density at radius 2 is 1.95 bits per heavy atom. The van der Waals surface area contributed by atoms with Gasteiger partial charge < -0.3 is 5.73 Å². The van der Waals surface area contributed by atoms with Crippen LogP contribution < -0.4 is 5.73 Å². The number of para-hydroxylation sites is 1. The molecule has 2 aromatic rings. The van der Waals surface area contributed by atoms with Crippen molar-refractivity contribution in [3.8, 4) is 0 Å². The predicted molar refractivity (Wildman–Crippen MR) is 85.3 cm³/mol. The van der Waals surface area contributed by atoms with Gasteiger partial charge in [0.2, 0.25) is 5.91 Å². The van der Waals surface area contributed by atoms with Crippen LogP contribution in [0.5, 0.6) is 0 Å². The molecule has 0 spiro atoms. The summed E-state index contributed by atoms with van der Waals surface area (Å²) < 4.78 is 0. The second-order valence-electron chi connectivity index (χ2n) is 5.49. The summed E-state index contributed by atoms with van der Waals surface area (Å²) in [6, 6.07) is 7.98. The molecule has 110 valence electrons. The van der Waals surface area contributed by atoms with Crippen LogP contribution in [0.1, 0.15) is 43.8 Å². The summed E-state index contributed by atoms with van der Waals surface area (Å²) in [6.45, 7) is 0. The summed E-state index contributed by atoms with van der Waals surface area (Å²) >= 11 is 1.41. The second-order valence-corrected chi connectivity index (χ2v) is 6.46. The summed E-state index contributed by atoms with van der Waals surface area (Å²) in [6.07, 6.45) is 6.15. The average Bonchev–Trinajstić information content (AvgIpc) is 2.53. The van der Waals surface area contributed by atoms with Gasteiger partial charge in [-0.05, 0) is 18.9 Å². The Bertz CT molecular complexity index is 653. The molecule has 0 atom stereocenters. The molecule has 0 radical (unpaired) electrons. The minimum absolute atomic E-state index is 0.255. The maximum Gasteiger partial charge on any atom is 0.227 e. The third-order valence-electron chi connectivity index (χ3n) is 3.91. The van der Waals surface area contributed by atoms with E-state index in [-0.39, 0.29) is 11.7 Å². The number of aromatic nitrogens is 2. The molecule has 1 aromatic carbocycles. The maximum atomic E-state index is 11.1. The number of carbonyl (C=O) groups is 1. The van der Waals surface area contributed by atoms with E-state index in [1.165, 1.54) is 31.0 Å². The molecule has 1 amide bonds. The Morgan fingerprint density at radius 3 is 2.71 bits per heavy atom. The van der Waals surface area contributed by atoms with Crippen LogP contribution in [0.25, 0.3) is 10.9 Å². The van der Waals surface area contributed by atoms with E-state index in [1.54, 1.807) is 0 Å². The van der Waals surface area contributed by atoms with E-state index in [9.17, 15) is 4.79 Å². The first-order chi connectivity index (χ1) is 10.2. The van der Waals surface area contributed by atoms with Crippen LogP contribution in [0.15, 0.2) is 29.3 Å². The molecule has 0 saturated heterocycles. The number of amides is 1. The maximum absolute atomic E-state index is 11.1. The molecule has 0 bridgehead atoms. The van der Waals surface area contributed by atoms with Crippen molar-refractivity contribution < 1.29 is 4.79 Å². The van der Waals surface area contributed by atoms with E-state index < -0.39 is 0 Å². The summed E-state index contributed by atoms with van der Waals surface area (Å²) in [5.41, 5.74) is 6.22. The second kappa shape index (κ2) is 6.43. The van der Waals surface area contributed by atoms with E-state index >= 15 is 0 Å². The molecule has 1 fully saturated rings. The Balaban J connectivity index is 1.99. The molecule has 4 nitrogen and oxygen atoms in total. The molecular formula is C16H19N3OS. The highest BCUT2D eigenvalue weighted by Gasteiger charge is 2.20. The van der Waals surface area contributed by atoms with Gasteiger partial charge in [0, 0.05) is 11.3 Å². The van der Waals surface area contributed by atoms with Gasteiger partial charge in [-0.1, -0.05) is 49.2 Å². The van der Waals surface area contributed by atoms with Gasteiger partial charge in [-0.3, -0.25) is 4.79 Å². The number of nitrogens with zero attached hydrogens (tertiary/aromatic N) is 2. The third-order valence-corrected chi connectivity index (χ3v) is 4.92. The van der Waals surface area contributed by atoms with Crippen molar-refractivity contribution >= 4 is 28.6 Å². The van der Waals surface area contributed by atoms with Crippen molar-refractivity contribution in [3.63, 3.8) is 0 Å². The van der Waals surface area contributed by atoms with Crippen LogP contribution in [0.2, 0.25) is 0 Å². The van der Waals surface area contributed by atoms with E-state index in [4.69, 9.17) is 15.7 Å². The molecule has 1 aliphatic carbocycles. The van der Waals surface area contributed by atoms with Gasteiger partial charge in [0.15, 0.2) is 0 Å². The number of fused-ring (bicyclic) bond motifs is 1. The van der Waals surface area contributed by atoms with Gasteiger partial charge in [-0.2, -0.15) is 0 Å². The number of carbonyl (C=O) groups excluding carboxylic acids is 1. The highest BCUT2D eigenvalue weighted by atomic mass is 32.2. The fraction of sp³-hybridized carbons (Fsp3) is 0.438. The SMILES string of the molecule is NC(=O)CSc1nc(C2CCCCC2)nc2ccccc12. The lowest BCUT2D eigenvalue weighted by Gasteiger charge is -2.21. The number of nitrogens with two attached hydrogens (primary N) is 1. The molecule has 21 heavy (non-hydrogen) atoms. The normalized spacial score (nSPS) is 16.2. The smallest absolute Gasteiger partial charge is 0.227 e. The zero-order valence-electron chi connectivity index (χ0n) is 11.9. The fourth-order valence-corrected chi connectivity index (χ4v) is 3.62.